The van der Waals surface area contributed by atoms with Gasteiger partial charge in [-0.15, -0.1) is 0 Å². The molecular formula is C15H20N4O2. The summed E-state index contributed by atoms with van der Waals surface area (Å²) in [6.07, 6.45) is 3.94. The van der Waals surface area contributed by atoms with E-state index in [1.54, 1.807) is 10.6 Å². The van der Waals surface area contributed by atoms with Crippen LogP contribution in [-0.2, 0) is 0 Å². The summed E-state index contributed by atoms with van der Waals surface area (Å²) in [5, 5.41) is 9.56. The average molecular weight is 288 g/mol. The van der Waals surface area contributed by atoms with Gasteiger partial charge in [0.1, 0.15) is 5.65 Å². The highest BCUT2D eigenvalue weighted by Crippen LogP contribution is 2.26. The molecule has 1 aliphatic heterocycles. The number of rotatable bonds is 3. The first kappa shape index (κ1) is 13.9. The summed E-state index contributed by atoms with van der Waals surface area (Å²) >= 11 is 0. The van der Waals surface area contributed by atoms with Crippen molar-refractivity contribution in [2.75, 3.05) is 32.1 Å². The fourth-order valence-corrected chi connectivity index (χ4v) is 2.97. The van der Waals surface area contributed by atoms with Gasteiger partial charge in [0.25, 0.3) is 0 Å². The predicted octanol–water partition coefficient (Wildman–Crippen LogP) is 1.56. The zero-order valence-corrected chi connectivity index (χ0v) is 12.4. The number of piperidine rings is 1. The third-order valence-corrected chi connectivity index (χ3v) is 4.14. The molecule has 0 bridgehead atoms. The Morgan fingerprint density at radius 3 is 2.95 bits per heavy atom. The van der Waals surface area contributed by atoms with E-state index in [-0.39, 0.29) is 5.69 Å². The summed E-state index contributed by atoms with van der Waals surface area (Å²) in [5.41, 5.74) is 0.932. The second-order valence-corrected chi connectivity index (χ2v) is 5.72. The van der Waals surface area contributed by atoms with Gasteiger partial charge in [-0.3, -0.25) is 4.40 Å². The van der Waals surface area contributed by atoms with E-state index in [1.807, 2.05) is 18.2 Å². The summed E-state index contributed by atoms with van der Waals surface area (Å²) in [7, 11) is 4.13. The van der Waals surface area contributed by atoms with Crippen molar-refractivity contribution in [3.63, 3.8) is 0 Å². The first-order valence-corrected chi connectivity index (χ1v) is 7.19. The standard InChI is InChI=1S/C15H20N4O2/c1-17(2)11-6-5-8-18(10-11)14-13(15(20)21)19-9-4-3-7-12(19)16-14/h3-4,7,9,11H,5-6,8,10H2,1-2H3,(H,20,21). The van der Waals surface area contributed by atoms with Crippen LogP contribution in [-0.4, -0.2) is 58.6 Å². The van der Waals surface area contributed by atoms with Gasteiger partial charge in [0.15, 0.2) is 11.5 Å². The first-order chi connectivity index (χ1) is 10.1. The van der Waals surface area contributed by atoms with E-state index in [1.165, 1.54) is 0 Å². The number of fused-ring (bicyclic) bond motifs is 1. The maximum atomic E-state index is 11.7. The molecule has 1 saturated heterocycles. The van der Waals surface area contributed by atoms with E-state index in [4.69, 9.17) is 0 Å². The third kappa shape index (κ3) is 2.47. The lowest BCUT2D eigenvalue weighted by molar-refractivity contribution is 0.0690. The van der Waals surface area contributed by atoms with Crippen molar-refractivity contribution in [1.82, 2.24) is 14.3 Å². The highest BCUT2D eigenvalue weighted by molar-refractivity contribution is 5.93. The smallest absolute Gasteiger partial charge is 0.356 e. The van der Waals surface area contributed by atoms with Crippen LogP contribution < -0.4 is 4.90 Å². The van der Waals surface area contributed by atoms with Crippen LogP contribution in [0.1, 0.15) is 23.3 Å². The largest absolute Gasteiger partial charge is 0.476 e. The minimum atomic E-state index is -0.935. The summed E-state index contributed by atoms with van der Waals surface area (Å²) < 4.78 is 1.65. The highest BCUT2D eigenvalue weighted by atomic mass is 16.4. The number of aromatic carboxylic acids is 1. The molecule has 6 heteroatoms. The van der Waals surface area contributed by atoms with Crippen molar-refractivity contribution in [3.05, 3.63) is 30.1 Å². The maximum absolute atomic E-state index is 11.7. The Morgan fingerprint density at radius 2 is 2.24 bits per heavy atom. The van der Waals surface area contributed by atoms with Gasteiger partial charge in [-0.2, -0.15) is 0 Å². The van der Waals surface area contributed by atoms with Crippen LogP contribution in [0.4, 0.5) is 5.82 Å². The molecular weight excluding hydrogens is 268 g/mol. The second kappa shape index (κ2) is 5.37. The van der Waals surface area contributed by atoms with Crippen LogP contribution in [0, 0.1) is 0 Å². The second-order valence-electron chi connectivity index (χ2n) is 5.72. The van der Waals surface area contributed by atoms with E-state index in [0.717, 1.165) is 25.9 Å². The van der Waals surface area contributed by atoms with Crippen molar-refractivity contribution in [2.45, 2.75) is 18.9 Å². The van der Waals surface area contributed by atoms with Crippen LogP contribution in [0.15, 0.2) is 24.4 Å². The van der Waals surface area contributed by atoms with E-state index >= 15 is 0 Å². The van der Waals surface area contributed by atoms with Gasteiger partial charge >= 0.3 is 5.97 Å². The number of nitrogens with zero attached hydrogens (tertiary/aromatic N) is 4. The predicted molar refractivity (Wildman–Crippen MR) is 81.1 cm³/mol. The summed E-state index contributed by atoms with van der Waals surface area (Å²) in [5.74, 6) is -0.351. The third-order valence-electron chi connectivity index (χ3n) is 4.14. The Labute approximate surface area is 123 Å². The number of carboxylic acid groups (broad SMARTS) is 1. The average Bonchev–Trinajstić information content (AvgIpc) is 2.87. The number of carboxylic acids is 1. The van der Waals surface area contributed by atoms with Gasteiger partial charge in [0, 0.05) is 25.3 Å². The zero-order chi connectivity index (χ0) is 15.0. The number of pyridine rings is 1. The van der Waals surface area contributed by atoms with Gasteiger partial charge < -0.3 is 14.9 Å². The van der Waals surface area contributed by atoms with Crippen LogP contribution >= 0.6 is 0 Å². The molecule has 1 fully saturated rings. The maximum Gasteiger partial charge on any atom is 0.356 e. The summed E-state index contributed by atoms with van der Waals surface area (Å²) in [4.78, 5) is 20.5. The molecule has 0 saturated carbocycles. The fourth-order valence-electron chi connectivity index (χ4n) is 2.97. The molecule has 112 valence electrons. The number of imidazole rings is 1. The quantitative estimate of drug-likeness (QED) is 0.929. The molecule has 1 atom stereocenters. The van der Waals surface area contributed by atoms with Gasteiger partial charge in [-0.05, 0) is 39.1 Å². The van der Waals surface area contributed by atoms with Gasteiger partial charge in [-0.1, -0.05) is 6.07 Å². The molecule has 3 heterocycles. The van der Waals surface area contributed by atoms with Crippen molar-refractivity contribution >= 4 is 17.4 Å². The van der Waals surface area contributed by atoms with Gasteiger partial charge in [0.05, 0.1) is 0 Å². The molecule has 0 aromatic carbocycles. The minimum absolute atomic E-state index is 0.255. The number of likely N-dealkylation sites (N-methyl/N-ethyl adjacent to an activating group) is 1. The lowest BCUT2D eigenvalue weighted by atomic mass is 10.0. The van der Waals surface area contributed by atoms with Crippen LogP contribution in [0.3, 0.4) is 0 Å². The Morgan fingerprint density at radius 1 is 1.43 bits per heavy atom. The van der Waals surface area contributed by atoms with E-state index in [9.17, 15) is 9.90 Å². The van der Waals surface area contributed by atoms with Crippen LogP contribution in [0.2, 0.25) is 0 Å². The molecule has 1 aliphatic rings. The van der Waals surface area contributed by atoms with Crippen molar-refractivity contribution in [3.8, 4) is 0 Å². The Kier molecular flexibility index (Phi) is 3.55. The number of carbonyl (C=O) groups is 1. The van der Waals surface area contributed by atoms with Crippen molar-refractivity contribution in [1.29, 1.82) is 0 Å². The van der Waals surface area contributed by atoms with E-state index < -0.39 is 5.97 Å². The van der Waals surface area contributed by atoms with Crippen molar-refractivity contribution in [2.24, 2.45) is 0 Å². The molecule has 0 spiro atoms. The topological polar surface area (TPSA) is 61.1 Å². The first-order valence-electron chi connectivity index (χ1n) is 7.19. The molecule has 3 rings (SSSR count). The SMILES string of the molecule is CN(C)C1CCCN(c2nc3ccccn3c2C(=O)O)C1. The van der Waals surface area contributed by atoms with E-state index in [2.05, 4.69) is 28.9 Å². The van der Waals surface area contributed by atoms with Crippen molar-refractivity contribution < 1.29 is 9.90 Å². The minimum Gasteiger partial charge on any atom is -0.476 e. The van der Waals surface area contributed by atoms with Crippen LogP contribution in [0.5, 0.6) is 0 Å². The number of aromatic nitrogens is 2. The number of anilines is 1. The van der Waals surface area contributed by atoms with Gasteiger partial charge in [-0.25, -0.2) is 9.78 Å². The summed E-state index contributed by atoms with van der Waals surface area (Å²) in [6.45, 7) is 1.67. The Hall–Kier alpha value is -2.08. The van der Waals surface area contributed by atoms with Gasteiger partial charge in [0.2, 0.25) is 0 Å². The molecule has 0 aliphatic carbocycles. The zero-order valence-electron chi connectivity index (χ0n) is 12.4. The summed E-state index contributed by atoms with van der Waals surface area (Å²) in [6, 6.07) is 5.97. The lowest BCUT2D eigenvalue weighted by Gasteiger charge is -2.36. The molecule has 0 amide bonds. The van der Waals surface area contributed by atoms with Crippen LogP contribution in [0.25, 0.3) is 5.65 Å². The lowest BCUT2D eigenvalue weighted by Crippen LogP contribution is -2.45. The molecule has 1 unspecified atom stereocenters. The molecule has 2 aromatic heterocycles. The molecule has 21 heavy (non-hydrogen) atoms. The monoisotopic (exact) mass is 288 g/mol. The van der Waals surface area contributed by atoms with E-state index in [0.29, 0.717) is 17.5 Å². The number of hydrogen-bond donors (Lipinski definition) is 1. The number of hydrogen-bond acceptors (Lipinski definition) is 4. The Balaban J connectivity index is 2.03. The fraction of sp³-hybridized carbons (Fsp3) is 0.467. The molecule has 2 aromatic rings. The molecule has 1 N–H and O–H groups in total. The normalized spacial score (nSPS) is 19.4. The molecule has 6 nitrogen and oxygen atoms in total. The molecule has 0 radical (unpaired) electrons. The highest BCUT2D eigenvalue weighted by Gasteiger charge is 2.28. The Bertz CT molecular complexity index is 665.